The van der Waals surface area contributed by atoms with Crippen LogP contribution >= 0.6 is 43.5 Å². The lowest BCUT2D eigenvalue weighted by Crippen LogP contribution is -2.04. The van der Waals surface area contributed by atoms with Gasteiger partial charge in [0.25, 0.3) is 0 Å². The smallest absolute Gasteiger partial charge is 0.166 e. The lowest BCUT2D eigenvalue weighted by atomic mass is 10.0. The van der Waals surface area contributed by atoms with Gasteiger partial charge in [-0.3, -0.25) is 0 Å². The summed E-state index contributed by atoms with van der Waals surface area (Å²) in [5.41, 5.74) is 0.340. The van der Waals surface area contributed by atoms with Crippen LogP contribution in [0.5, 0.6) is 0 Å². The standard InChI is InChI=1S/C13H6Br2ClF3/c14-11-3-1-7(13(17,18)19)5-9(11)10-6-8(16)2-4-12(10)15/h1-6H. The van der Waals surface area contributed by atoms with Crippen molar-refractivity contribution < 1.29 is 13.2 Å². The molecule has 0 radical (unpaired) electrons. The minimum absolute atomic E-state index is 0.434. The minimum Gasteiger partial charge on any atom is -0.166 e. The summed E-state index contributed by atoms with van der Waals surface area (Å²) >= 11 is 12.5. The van der Waals surface area contributed by atoms with E-state index in [4.69, 9.17) is 11.6 Å². The van der Waals surface area contributed by atoms with E-state index in [1.807, 2.05) is 0 Å². The molecule has 0 nitrogen and oxygen atoms in total. The van der Waals surface area contributed by atoms with E-state index in [-0.39, 0.29) is 0 Å². The van der Waals surface area contributed by atoms with Gasteiger partial charge in [0.05, 0.1) is 5.56 Å². The van der Waals surface area contributed by atoms with E-state index >= 15 is 0 Å². The van der Waals surface area contributed by atoms with Crippen molar-refractivity contribution in [3.05, 3.63) is 55.9 Å². The molecule has 0 aliphatic heterocycles. The summed E-state index contributed by atoms with van der Waals surface area (Å²) < 4.78 is 39.5. The van der Waals surface area contributed by atoms with Crippen LogP contribution in [0, 0.1) is 0 Å². The molecule has 0 saturated carbocycles. The van der Waals surface area contributed by atoms with Crippen molar-refractivity contribution in [3.8, 4) is 11.1 Å². The summed E-state index contributed by atoms with van der Waals surface area (Å²) in [6, 6.07) is 8.49. The highest BCUT2D eigenvalue weighted by Gasteiger charge is 2.31. The quantitative estimate of drug-likeness (QED) is 0.496. The summed E-state index contributed by atoms with van der Waals surface area (Å²) in [6.07, 6.45) is -4.37. The molecule has 0 spiro atoms. The molecule has 0 amide bonds. The molecule has 0 aliphatic rings. The molecule has 2 aromatic rings. The van der Waals surface area contributed by atoms with Gasteiger partial charge in [0, 0.05) is 14.0 Å². The lowest BCUT2D eigenvalue weighted by molar-refractivity contribution is -0.137. The second-order valence-corrected chi connectivity index (χ2v) is 5.96. The normalized spacial score (nSPS) is 11.7. The first-order valence-electron chi connectivity index (χ1n) is 5.11. The zero-order chi connectivity index (χ0) is 14.2. The molecule has 0 bridgehead atoms. The SMILES string of the molecule is FC(F)(F)c1ccc(Br)c(-c2cc(Cl)ccc2Br)c1. The van der Waals surface area contributed by atoms with E-state index in [0.29, 0.717) is 25.1 Å². The molecule has 0 unspecified atom stereocenters. The van der Waals surface area contributed by atoms with Gasteiger partial charge < -0.3 is 0 Å². The van der Waals surface area contributed by atoms with Gasteiger partial charge in [0.1, 0.15) is 0 Å². The summed E-state index contributed by atoms with van der Waals surface area (Å²) in [5.74, 6) is 0. The average Bonchev–Trinajstić information content (AvgIpc) is 2.32. The third kappa shape index (κ3) is 3.33. The molecule has 0 N–H and O–H groups in total. The van der Waals surface area contributed by atoms with E-state index in [1.54, 1.807) is 18.2 Å². The fourth-order valence-corrected chi connectivity index (χ4v) is 2.70. The number of halogens is 6. The number of hydrogen-bond donors (Lipinski definition) is 0. The second kappa shape index (κ2) is 5.46. The monoisotopic (exact) mass is 412 g/mol. The van der Waals surface area contributed by atoms with E-state index in [2.05, 4.69) is 31.9 Å². The highest BCUT2D eigenvalue weighted by molar-refractivity contribution is 9.11. The van der Waals surface area contributed by atoms with Crippen molar-refractivity contribution in [1.82, 2.24) is 0 Å². The molecule has 0 fully saturated rings. The first-order chi connectivity index (χ1) is 8.79. The van der Waals surface area contributed by atoms with Crippen molar-refractivity contribution in [2.45, 2.75) is 6.18 Å². The average molecular weight is 414 g/mol. The zero-order valence-electron chi connectivity index (χ0n) is 9.23. The second-order valence-electron chi connectivity index (χ2n) is 3.82. The first kappa shape index (κ1) is 14.9. The lowest BCUT2D eigenvalue weighted by Gasteiger charge is -2.12. The fraction of sp³-hybridized carbons (Fsp3) is 0.0769. The number of alkyl halides is 3. The van der Waals surface area contributed by atoms with Gasteiger partial charge in [-0.1, -0.05) is 43.5 Å². The molecule has 6 heteroatoms. The Morgan fingerprint density at radius 3 is 1.95 bits per heavy atom. The third-order valence-electron chi connectivity index (χ3n) is 2.51. The Hall–Kier alpha value is -0.520. The zero-order valence-corrected chi connectivity index (χ0v) is 13.2. The topological polar surface area (TPSA) is 0 Å². The Labute approximate surface area is 129 Å². The van der Waals surface area contributed by atoms with Gasteiger partial charge >= 0.3 is 6.18 Å². The molecule has 19 heavy (non-hydrogen) atoms. The summed E-state index contributed by atoms with van der Waals surface area (Å²) in [5, 5.41) is 0.461. The van der Waals surface area contributed by atoms with Crippen molar-refractivity contribution in [1.29, 1.82) is 0 Å². The molecule has 0 atom stereocenters. The Morgan fingerprint density at radius 2 is 1.37 bits per heavy atom. The maximum Gasteiger partial charge on any atom is 0.416 e. The van der Waals surface area contributed by atoms with Gasteiger partial charge in [-0.15, -0.1) is 0 Å². The molecule has 0 aliphatic carbocycles. The predicted molar refractivity (Wildman–Crippen MR) is 77.3 cm³/mol. The fourth-order valence-electron chi connectivity index (χ4n) is 1.61. The van der Waals surface area contributed by atoms with Crippen LogP contribution in [0.1, 0.15) is 5.56 Å². The molecular weight excluding hydrogens is 408 g/mol. The van der Waals surface area contributed by atoms with Crippen LogP contribution in [0.4, 0.5) is 13.2 Å². The van der Waals surface area contributed by atoms with Crippen molar-refractivity contribution in [2.24, 2.45) is 0 Å². The Kier molecular flexibility index (Phi) is 4.28. The highest BCUT2D eigenvalue weighted by Crippen LogP contribution is 2.39. The predicted octanol–water partition coefficient (Wildman–Crippen LogP) is 6.55. The molecule has 2 aromatic carbocycles. The minimum atomic E-state index is -4.37. The van der Waals surface area contributed by atoms with Crippen molar-refractivity contribution in [3.63, 3.8) is 0 Å². The number of benzene rings is 2. The summed E-state index contributed by atoms with van der Waals surface area (Å²) in [7, 11) is 0. The van der Waals surface area contributed by atoms with Crippen LogP contribution in [0.2, 0.25) is 5.02 Å². The van der Waals surface area contributed by atoms with Crippen LogP contribution in [-0.2, 0) is 6.18 Å². The maximum absolute atomic E-state index is 12.7. The van der Waals surface area contributed by atoms with Crippen LogP contribution in [0.25, 0.3) is 11.1 Å². The Balaban J connectivity index is 2.64. The summed E-state index contributed by atoms with van der Waals surface area (Å²) in [4.78, 5) is 0. The van der Waals surface area contributed by atoms with E-state index in [0.717, 1.165) is 12.1 Å². The van der Waals surface area contributed by atoms with Crippen LogP contribution in [0.3, 0.4) is 0 Å². The Bertz CT molecular complexity index is 624. The molecule has 0 saturated heterocycles. The van der Waals surface area contributed by atoms with E-state index < -0.39 is 11.7 Å². The third-order valence-corrected chi connectivity index (χ3v) is 4.13. The van der Waals surface area contributed by atoms with Gasteiger partial charge in [0.15, 0.2) is 0 Å². The number of rotatable bonds is 1. The highest BCUT2D eigenvalue weighted by atomic mass is 79.9. The largest absolute Gasteiger partial charge is 0.416 e. The van der Waals surface area contributed by atoms with Gasteiger partial charge in [0.2, 0.25) is 0 Å². The van der Waals surface area contributed by atoms with Crippen molar-refractivity contribution >= 4 is 43.5 Å². The van der Waals surface area contributed by atoms with E-state index in [9.17, 15) is 13.2 Å². The maximum atomic E-state index is 12.7. The summed E-state index contributed by atoms with van der Waals surface area (Å²) in [6.45, 7) is 0. The van der Waals surface area contributed by atoms with Gasteiger partial charge in [-0.2, -0.15) is 13.2 Å². The van der Waals surface area contributed by atoms with Crippen LogP contribution in [-0.4, -0.2) is 0 Å². The molecule has 0 aromatic heterocycles. The van der Waals surface area contributed by atoms with Gasteiger partial charge in [-0.05, 0) is 47.5 Å². The molecule has 100 valence electrons. The molecule has 2 rings (SSSR count). The molecule has 0 heterocycles. The van der Waals surface area contributed by atoms with E-state index in [1.165, 1.54) is 6.07 Å². The van der Waals surface area contributed by atoms with Crippen molar-refractivity contribution in [2.75, 3.05) is 0 Å². The van der Waals surface area contributed by atoms with Crippen LogP contribution < -0.4 is 0 Å². The first-order valence-corrected chi connectivity index (χ1v) is 7.07. The van der Waals surface area contributed by atoms with Crippen LogP contribution in [0.15, 0.2) is 45.3 Å². The Morgan fingerprint density at radius 1 is 0.842 bits per heavy atom. The van der Waals surface area contributed by atoms with Gasteiger partial charge in [-0.25, -0.2) is 0 Å². The number of hydrogen-bond acceptors (Lipinski definition) is 0. The molecular formula is C13H6Br2ClF3.